The highest BCUT2D eigenvalue weighted by molar-refractivity contribution is 6.35. The highest BCUT2D eigenvalue weighted by atomic mass is 35.5. The van der Waals surface area contributed by atoms with E-state index < -0.39 is 5.82 Å². The van der Waals surface area contributed by atoms with Crippen LogP contribution in [0.5, 0.6) is 0 Å². The minimum Gasteiger partial charge on any atom is -0.457 e. The molecule has 2 aliphatic rings. The summed E-state index contributed by atoms with van der Waals surface area (Å²) in [7, 11) is 0. The largest absolute Gasteiger partial charge is 0.457 e. The Bertz CT molecular complexity index is 1260. The van der Waals surface area contributed by atoms with E-state index in [9.17, 15) is 14.0 Å². The summed E-state index contributed by atoms with van der Waals surface area (Å²) in [4.78, 5) is 27.1. The molecular weight excluding hydrogens is 431 g/mol. The maximum absolute atomic E-state index is 13.7. The van der Waals surface area contributed by atoms with Gasteiger partial charge in [0, 0.05) is 29.9 Å². The Morgan fingerprint density at radius 3 is 2.69 bits per heavy atom. The molecule has 3 aromatic rings. The number of likely N-dealkylation sites (tertiary alicyclic amines) is 1. The predicted molar refractivity (Wildman–Crippen MR) is 122 cm³/mol. The molecule has 0 aliphatic carbocycles. The minimum atomic E-state index is -0.418. The lowest BCUT2D eigenvalue weighted by Gasteiger charge is -2.27. The van der Waals surface area contributed by atoms with Crippen molar-refractivity contribution in [2.45, 2.75) is 19.3 Å². The first-order valence-electron chi connectivity index (χ1n) is 10.5. The standard InChI is InChI=1S/C25H20ClFN2O3/c26-21-7-4-15(12-20(21)25(31)29-10-2-1-3-11-29)23-9-6-17(32-23)14-19-18-13-16(27)5-8-22(18)28-24(19)30/h4-9,12-14H,1-3,10-11H2,(H,28,30)/b19-14+. The van der Waals surface area contributed by atoms with Gasteiger partial charge in [0.05, 0.1) is 16.2 Å². The van der Waals surface area contributed by atoms with Gasteiger partial charge in [0.1, 0.15) is 17.3 Å². The van der Waals surface area contributed by atoms with Gasteiger partial charge in [0.25, 0.3) is 11.8 Å². The molecule has 0 atom stereocenters. The maximum atomic E-state index is 13.7. The Kier molecular flexibility index (Phi) is 5.31. The van der Waals surface area contributed by atoms with E-state index in [0.717, 1.165) is 32.4 Å². The van der Waals surface area contributed by atoms with E-state index in [1.165, 1.54) is 18.2 Å². The molecule has 1 aromatic heterocycles. The third kappa shape index (κ3) is 3.82. The van der Waals surface area contributed by atoms with Crippen molar-refractivity contribution >= 4 is 40.8 Å². The summed E-state index contributed by atoms with van der Waals surface area (Å²) in [6.07, 6.45) is 4.72. The molecule has 1 N–H and O–H groups in total. The average molecular weight is 451 g/mol. The van der Waals surface area contributed by atoms with Crippen molar-refractivity contribution in [3.8, 4) is 11.3 Å². The predicted octanol–water partition coefficient (Wildman–Crippen LogP) is 5.86. The third-order valence-electron chi connectivity index (χ3n) is 5.80. The molecule has 0 radical (unpaired) electrons. The van der Waals surface area contributed by atoms with E-state index in [4.69, 9.17) is 16.0 Å². The zero-order valence-electron chi connectivity index (χ0n) is 17.2. The summed E-state index contributed by atoms with van der Waals surface area (Å²) in [5.41, 5.74) is 2.54. The number of fused-ring (bicyclic) bond motifs is 1. The van der Waals surface area contributed by atoms with Crippen LogP contribution in [0, 0.1) is 5.82 Å². The lowest BCUT2D eigenvalue weighted by molar-refractivity contribution is -0.110. The molecule has 2 aromatic carbocycles. The monoisotopic (exact) mass is 450 g/mol. The Morgan fingerprint density at radius 1 is 1.06 bits per heavy atom. The molecular formula is C25H20ClFN2O3. The number of nitrogens with zero attached hydrogens (tertiary/aromatic N) is 1. The summed E-state index contributed by atoms with van der Waals surface area (Å²) in [5.74, 6) is 0.176. The smallest absolute Gasteiger partial charge is 0.256 e. The third-order valence-corrected chi connectivity index (χ3v) is 6.13. The van der Waals surface area contributed by atoms with Crippen molar-refractivity contribution in [3.63, 3.8) is 0 Å². The molecule has 162 valence electrons. The van der Waals surface area contributed by atoms with Gasteiger partial charge in [-0.15, -0.1) is 0 Å². The summed E-state index contributed by atoms with van der Waals surface area (Å²) in [6, 6.07) is 12.9. The maximum Gasteiger partial charge on any atom is 0.256 e. The number of amides is 2. The molecule has 0 spiro atoms. The van der Waals surface area contributed by atoms with Crippen LogP contribution in [0.4, 0.5) is 10.1 Å². The average Bonchev–Trinajstić information content (AvgIpc) is 3.39. The summed E-state index contributed by atoms with van der Waals surface area (Å²) < 4.78 is 19.6. The lowest BCUT2D eigenvalue weighted by Crippen LogP contribution is -2.35. The Hall–Kier alpha value is -3.38. The first-order chi connectivity index (χ1) is 15.5. The quantitative estimate of drug-likeness (QED) is 0.508. The van der Waals surface area contributed by atoms with E-state index in [-0.39, 0.29) is 11.8 Å². The van der Waals surface area contributed by atoms with Gasteiger partial charge in [0.15, 0.2) is 0 Å². The molecule has 2 aliphatic heterocycles. The van der Waals surface area contributed by atoms with Gasteiger partial charge in [0.2, 0.25) is 0 Å². The van der Waals surface area contributed by atoms with Gasteiger partial charge in [-0.25, -0.2) is 4.39 Å². The van der Waals surface area contributed by atoms with E-state index >= 15 is 0 Å². The number of hydrogen-bond acceptors (Lipinski definition) is 3. The van der Waals surface area contributed by atoms with Crippen molar-refractivity contribution < 1.29 is 18.4 Å². The normalized spacial score (nSPS) is 16.9. The van der Waals surface area contributed by atoms with Crippen molar-refractivity contribution in [3.05, 3.63) is 76.3 Å². The van der Waals surface area contributed by atoms with Crippen LogP contribution in [0.2, 0.25) is 5.02 Å². The van der Waals surface area contributed by atoms with Crippen LogP contribution >= 0.6 is 11.6 Å². The van der Waals surface area contributed by atoms with E-state index in [1.54, 1.807) is 36.4 Å². The zero-order chi connectivity index (χ0) is 22.2. The number of furan rings is 1. The molecule has 1 saturated heterocycles. The zero-order valence-corrected chi connectivity index (χ0v) is 17.9. The Labute approximate surface area is 189 Å². The van der Waals surface area contributed by atoms with Gasteiger partial charge in [-0.05, 0) is 73.9 Å². The molecule has 1 fully saturated rings. The van der Waals surface area contributed by atoms with Crippen LogP contribution in [0.3, 0.4) is 0 Å². The van der Waals surface area contributed by atoms with Crippen molar-refractivity contribution in [1.29, 1.82) is 0 Å². The SMILES string of the molecule is O=C1Nc2ccc(F)cc2/C1=C\c1ccc(-c2ccc(Cl)c(C(=O)N3CCCCC3)c2)o1. The van der Waals surface area contributed by atoms with Crippen LogP contribution in [0.25, 0.3) is 23.0 Å². The molecule has 32 heavy (non-hydrogen) atoms. The fourth-order valence-electron chi connectivity index (χ4n) is 4.14. The number of rotatable bonds is 3. The number of benzene rings is 2. The van der Waals surface area contributed by atoms with E-state index in [1.807, 2.05) is 4.90 Å². The highest BCUT2D eigenvalue weighted by Gasteiger charge is 2.25. The molecule has 3 heterocycles. The molecule has 0 bridgehead atoms. The molecule has 0 saturated carbocycles. The lowest BCUT2D eigenvalue weighted by atomic mass is 10.1. The van der Waals surface area contributed by atoms with Gasteiger partial charge in [-0.2, -0.15) is 0 Å². The summed E-state index contributed by atoms with van der Waals surface area (Å²) in [6.45, 7) is 1.48. The molecule has 7 heteroatoms. The first kappa shape index (κ1) is 20.5. The number of nitrogens with one attached hydrogen (secondary N) is 1. The van der Waals surface area contributed by atoms with E-state index in [2.05, 4.69) is 5.32 Å². The Balaban J connectivity index is 1.44. The van der Waals surface area contributed by atoms with Crippen molar-refractivity contribution in [2.75, 3.05) is 18.4 Å². The second-order valence-corrected chi connectivity index (χ2v) is 8.36. The molecule has 5 rings (SSSR count). The van der Waals surface area contributed by atoms with Crippen LogP contribution in [0.1, 0.15) is 40.9 Å². The molecule has 5 nitrogen and oxygen atoms in total. The second-order valence-electron chi connectivity index (χ2n) is 7.95. The van der Waals surface area contributed by atoms with Gasteiger partial charge in [-0.1, -0.05) is 11.6 Å². The summed E-state index contributed by atoms with van der Waals surface area (Å²) >= 11 is 6.33. The van der Waals surface area contributed by atoms with Crippen LogP contribution in [0.15, 0.2) is 52.9 Å². The number of carbonyl (C=O) groups is 2. The fourth-order valence-corrected chi connectivity index (χ4v) is 4.34. The highest BCUT2D eigenvalue weighted by Crippen LogP contribution is 2.35. The van der Waals surface area contributed by atoms with E-state index in [0.29, 0.717) is 44.5 Å². The topological polar surface area (TPSA) is 62.6 Å². The molecule has 2 amide bonds. The van der Waals surface area contributed by atoms with Crippen LogP contribution in [-0.4, -0.2) is 29.8 Å². The molecule has 0 unspecified atom stereocenters. The van der Waals surface area contributed by atoms with Crippen molar-refractivity contribution in [2.24, 2.45) is 0 Å². The van der Waals surface area contributed by atoms with Crippen molar-refractivity contribution in [1.82, 2.24) is 4.90 Å². The van der Waals surface area contributed by atoms with Crippen LogP contribution in [-0.2, 0) is 4.79 Å². The summed E-state index contributed by atoms with van der Waals surface area (Å²) in [5, 5.41) is 3.12. The van der Waals surface area contributed by atoms with Crippen LogP contribution < -0.4 is 5.32 Å². The number of halogens is 2. The van der Waals surface area contributed by atoms with Gasteiger partial charge >= 0.3 is 0 Å². The number of anilines is 1. The first-order valence-corrected chi connectivity index (χ1v) is 10.9. The number of piperidine rings is 1. The van der Waals surface area contributed by atoms with Gasteiger partial charge < -0.3 is 14.6 Å². The number of carbonyl (C=O) groups excluding carboxylic acids is 2. The minimum absolute atomic E-state index is 0.0771. The number of hydrogen-bond donors (Lipinski definition) is 1. The van der Waals surface area contributed by atoms with Gasteiger partial charge in [-0.3, -0.25) is 9.59 Å². The fraction of sp³-hybridized carbons (Fsp3) is 0.200. The Morgan fingerprint density at radius 2 is 1.88 bits per heavy atom. The second kappa shape index (κ2) is 8.28.